The fraction of sp³-hybridized carbons (Fsp3) is 0.273. The Morgan fingerprint density at radius 1 is 1.00 bits per heavy atom. The van der Waals surface area contributed by atoms with Crippen molar-refractivity contribution < 1.29 is 23.6 Å². The molecule has 0 radical (unpaired) electrons. The van der Waals surface area contributed by atoms with Gasteiger partial charge in [-0.3, -0.25) is 14.6 Å². The van der Waals surface area contributed by atoms with Gasteiger partial charge in [0.15, 0.2) is 23.6 Å². The van der Waals surface area contributed by atoms with Gasteiger partial charge in [0.1, 0.15) is 6.54 Å². The van der Waals surface area contributed by atoms with E-state index in [4.69, 9.17) is 14.0 Å². The first kappa shape index (κ1) is 20.6. The summed E-state index contributed by atoms with van der Waals surface area (Å²) in [4.78, 5) is 31.7. The molecule has 2 aromatic carbocycles. The summed E-state index contributed by atoms with van der Waals surface area (Å²) >= 11 is 0. The second-order valence-electron chi connectivity index (χ2n) is 7.62. The zero-order chi connectivity index (χ0) is 23.1. The van der Waals surface area contributed by atoms with Gasteiger partial charge >= 0.3 is 0 Å². The van der Waals surface area contributed by atoms with Crippen LogP contribution >= 0.6 is 0 Å². The van der Waals surface area contributed by atoms with Crippen molar-refractivity contribution in [2.45, 2.75) is 25.6 Å². The molecule has 3 heterocycles. The van der Waals surface area contributed by atoms with Crippen molar-refractivity contribution in [3.8, 4) is 22.9 Å². The Balaban J connectivity index is 1.36. The van der Waals surface area contributed by atoms with Crippen molar-refractivity contribution in [2.24, 2.45) is 10.3 Å². The molecule has 11 nitrogen and oxygen atoms in total. The van der Waals surface area contributed by atoms with Crippen LogP contribution < -0.4 is 14.4 Å². The van der Waals surface area contributed by atoms with E-state index in [1.54, 1.807) is 18.2 Å². The largest absolute Gasteiger partial charge is 0.493 e. The third kappa shape index (κ3) is 3.47. The van der Waals surface area contributed by atoms with Crippen molar-refractivity contribution in [1.29, 1.82) is 0 Å². The lowest BCUT2D eigenvalue weighted by molar-refractivity contribution is -0.123. The molecule has 2 aliphatic rings. The van der Waals surface area contributed by atoms with Crippen LogP contribution in [0, 0.1) is 6.92 Å². The Hall–Kier alpha value is -4.28. The number of anilines is 1. The number of methoxy groups -OCH3 is 2. The van der Waals surface area contributed by atoms with Crippen molar-refractivity contribution >= 4 is 17.5 Å². The van der Waals surface area contributed by atoms with Gasteiger partial charge in [0.05, 0.1) is 19.9 Å². The molecule has 1 saturated heterocycles. The number of carbonyl (C=O) groups excluding carboxylic acids is 2. The molecule has 0 N–H and O–H groups in total. The van der Waals surface area contributed by atoms with Crippen LogP contribution in [0.2, 0.25) is 0 Å². The molecular formula is C22H20N6O5. The number of amides is 2. The van der Waals surface area contributed by atoms with Gasteiger partial charge < -0.3 is 14.0 Å². The molecule has 0 spiro atoms. The molecule has 0 saturated carbocycles. The van der Waals surface area contributed by atoms with E-state index in [1.165, 1.54) is 19.2 Å². The predicted octanol–water partition coefficient (Wildman–Crippen LogP) is 2.56. The monoisotopic (exact) mass is 448 g/mol. The van der Waals surface area contributed by atoms with Crippen molar-refractivity contribution in [3.05, 3.63) is 53.9 Å². The number of benzene rings is 2. The number of rotatable bonds is 6. The van der Waals surface area contributed by atoms with Gasteiger partial charge in [-0.25, -0.2) is 4.90 Å². The molecule has 0 unspecified atom stereocenters. The average Bonchev–Trinajstić information content (AvgIpc) is 3.52. The maximum atomic E-state index is 13.2. The van der Waals surface area contributed by atoms with E-state index in [0.717, 1.165) is 16.0 Å². The molecule has 1 aromatic heterocycles. The van der Waals surface area contributed by atoms with E-state index in [1.807, 2.05) is 31.2 Å². The highest BCUT2D eigenvalue weighted by Crippen LogP contribution is 2.37. The lowest BCUT2D eigenvalue weighted by atomic mass is 10.1. The maximum absolute atomic E-state index is 13.2. The van der Waals surface area contributed by atoms with E-state index in [0.29, 0.717) is 23.0 Å². The Labute approximate surface area is 188 Å². The van der Waals surface area contributed by atoms with Gasteiger partial charge in [-0.2, -0.15) is 10.1 Å². The van der Waals surface area contributed by atoms with Gasteiger partial charge in [-0.15, -0.1) is 0 Å². The van der Waals surface area contributed by atoms with Crippen LogP contribution in [0.4, 0.5) is 5.69 Å². The number of hydrogen-bond donors (Lipinski definition) is 0. The van der Waals surface area contributed by atoms with Crippen LogP contribution in [-0.4, -0.2) is 53.3 Å². The lowest BCUT2D eigenvalue weighted by Crippen LogP contribution is -2.39. The molecule has 2 aliphatic heterocycles. The van der Waals surface area contributed by atoms with E-state index < -0.39 is 23.9 Å². The predicted molar refractivity (Wildman–Crippen MR) is 114 cm³/mol. The summed E-state index contributed by atoms with van der Waals surface area (Å²) in [6.07, 6.45) is 0. The Morgan fingerprint density at radius 3 is 2.48 bits per heavy atom. The van der Waals surface area contributed by atoms with Gasteiger partial charge in [-0.1, -0.05) is 40.2 Å². The number of imide groups is 1. The number of aromatic nitrogens is 2. The molecule has 11 heteroatoms. The summed E-state index contributed by atoms with van der Waals surface area (Å²) in [7, 11) is 2.99. The first-order chi connectivity index (χ1) is 16.0. The molecular weight excluding hydrogens is 428 g/mol. The molecule has 0 aliphatic carbocycles. The minimum absolute atomic E-state index is 0.0440. The summed E-state index contributed by atoms with van der Waals surface area (Å²) in [5.41, 5.74) is 2.30. The van der Waals surface area contributed by atoms with E-state index in [-0.39, 0.29) is 12.4 Å². The number of ether oxygens (including phenoxy) is 2. The van der Waals surface area contributed by atoms with Crippen LogP contribution in [0.5, 0.6) is 11.5 Å². The summed E-state index contributed by atoms with van der Waals surface area (Å²) < 4.78 is 15.9. The summed E-state index contributed by atoms with van der Waals surface area (Å²) in [6, 6.07) is 10.7. The smallest absolute Gasteiger partial charge is 0.263 e. The number of fused-ring (bicyclic) bond motifs is 1. The summed E-state index contributed by atoms with van der Waals surface area (Å²) in [5.74, 6) is 0.673. The van der Waals surface area contributed by atoms with Gasteiger partial charge in [0.2, 0.25) is 11.7 Å². The zero-order valence-electron chi connectivity index (χ0n) is 18.1. The van der Waals surface area contributed by atoms with Crippen LogP contribution in [0.25, 0.3) is 11.4 Å². The Morgan fingerprint density at radius 2 is 1.76 bits per heavy atom. The lowest BCUT2D eigenvalue weighted by Gasteiger charge is -2.20. The van der Waals surface area contributed by atoms with Crippen molar-refractivity contribution in [2.75, 3.05) is 19.1 Å². The first-order valence-electron chi connectivity index (χ1n) is 10.2. The Bertz CT molecular complexity index is 1250. The van der Waals surface area contributed by atoms with E-state index in [2.05, 4.69) is 20.5 Å². The highest BCUT2D eigenvalue weighted by Gasteiger charge is 2.55. The second-order valence-corrected chi connectivity index (χ2v) is 7.62. The third-order valence-corrected chi connectivity index (χ3v) is 5.56. The van der Waals surface area contributed by atoms with Gasteiger partial charge in [0.25, 0.3) is 11.8 Å². The number of aryl methyl sites for hydroxylation is 1. The minimum Gasteiger partial charge on any atom is -0.493 e. The van der Waals surface area contributed by atoms with E-state index >= 15 is 0 Å². The zero-order valence-corrected chi connectivity index (χ0v) is 18.1. The number of carbonyl (C=O) groups is 2. The number of nitrogens with zero attached hydrogens (tertiary/aromatic N) is 6. The maximum Gasteiger partial charge on any atom is 0.263 e. The van der Waals surface area contributed by atoms with Crippen LogP contribution in [0.1, 0.15) is 11.5 Å². The molecule has 5 rings (SSSR count). The van der Waals surface area contributed by atoms with E-state index in [9.17, 15) is 9.59 Å². The molecule has 3 aromatic rings. The fourth-order valence-corrected chi connectivity index (χ4v) is 3.85. The van der Waals surface area contributed by atoms with Gasteiger partial charge in [0, 0.05) is 11.6 Å². The van der Waals surface area contributed by atoms with Crippen LogP contribution in [0.15, 0.2) is 57.3 Å². The summed E-state index contributed by atoms with van der Waals surface area (Å²) in [6.45, 7) is 2.04. The van der Waals surface area contributed by atoms with Gasteiger partial charge in [-0.05, 0) is 19.1 Å². The SMILES string of the molecule is COc1ccc(N2C(=O)[C@@H]3[C@@H](N=NN3Cc3nc(-c4ccc(C)cc4)no3)C2=O)cc1OC. The minimum atomic E-state index is -0.940. The normalized spacial score (nSPS) is 19.4. The quantitative estimate of drug-likeness (QED) is 0.527. The second kappa shape index (κ2) is 8.01. The van der Waals surface area contributed by atoms with Crippen molar-refractivity contribution in [1.82, 2.24) is 15.1 Å². The number of hydrogen-bond acceptors (Lipinski definition) is 10. The van der Waals surface area contributed by atoms with Crippen molar-refractivity contribution in [3.63, 3.8) is 0 Å². The highest BCUT2D eigenvalue weighted by molar-refractivity contribution is 6.25. The topological polar surface area (TPSA) is 123 Å². The molecule has 2 amide bonds. The highest BCUT2D eigenvalue weighted by atomic mass is 16.5. The molecule has 168 valence electrons. The molecule has 2 atom stereocenters. The molecule has 1 fully saturated rings. The summed E-state index contributed by atoms with van der Waals surface area (Å²) in [5, 5.41) is 13.4. The average molecular weight is 448 g/mol. The third-order valence-electron chi connectivity index (χ3n) is 5.56. The Kier molecular flexibility index (Phi) is 5.00. The fourth-order valence-electron chi connectivity index (χ4n) is 3.85. The van der Waals surface area contributed by atoms with Crippen LogP contribution in [-0.2, 0) is 16.1 Å². The first-order valence-corrected chi connectivity index (χ1v) is 10.2. The molecule has 0 bridgehead atoms. The molecule has 33 heavy (non-hydrogen) atoms. The van der Waals surface area contributed by atoms with Crippen LogP contribution in [0.3, 0.4) is 0 Å². The standard InChI is InChI=1S/C22H20N6O5/c1-12-4-6-13(7-5-12)20-23-17(33-25-20)11-27-19-18(24-26-27)21(29)28(22(19)30)14-8-9-15(31-2)16(10-14)32-3/h4-10,18-19H,11H2,1-3H3/t18-,19+/m1/s1.